The Balaban J connectivity index is 1.59. The van der Waals surface area contributed by atoms with Gasteiger partial charge in [0, 0.05) is 8.95 Å². The Kier molecular flexibility index (Phi) is 4.97. The number of carbonyl (C=O) groups is 2. The number of hydrogen-bond acceptors (Lipinski definition) is 4. The van der Waals surface area contributed by atoms with Crippen LogP contribution in [0.3, 0.4) is 0 Å². The zero-order chi connectivity index (χ0) is 20.8. The number of hydrogen-bond donors (Lipinski definition) is 0. The van der Waals surface area contributed by atoms with Gasteiger partial charge in [0.05, 0.1) is 17.4 Å². The fraction of sp³-hybridized carbons (Fsp3) is 0.130. The monoisotopic (exact) mass is 526 g/mol. The molecule has 7 heteroatoms. The quantitative estimate of drug-likeness (QED) is 0.436. The highest BCUT2D eigenvalue weighted by molar-refractivity contribution is 9.10. The molecule has 30 heavy (non-hydrogen) atoms. The summed E-state index contributed by atoms with van der Waals surface area (Å²) in [4.78, 5) is 34.1. The number of benzene rings is 3. The molecule has 5 rings (SSSR count). The lowest BCUT2D eigenvalue weighted by Gasteiger charge is -2.28. The van der Waals surface area contributed by atoms with Crippen molar-refractivity contribution in [3.63, 3.8) is 0 Å². The number of carbonyl (C=O) groups excluding carboxylic acids is 2. The van der Waals surface area contributed by atoms with Gasteiger partial charge in [-0.2, -0.15) is 0 Å². The Morgan fingerprint density at radius 1 is 0.733 bits per heavy atom. The first-order valence-corrected chi connectivity index (χ1v) is 11.0. The van der Waals surface area contributed by atoms with E-state index >= 15 is 0 Å². The summed E-state index contributed by atoms with van der Waals surface area (Å²) >= 11 is 6.90. The molecule has 3 atom stereocenters. The fourth-order valence-corrected chi connectivity index (χ4v) is 4.77. The standard InChI is InChI=1S/C23H16Br2N2O3/c24-15-9-11-17(12-10-15)26-22(28)19-20(14-5-4-6-16(25)13-14)27(30-21(19)23(26)29)18-7-2-1-3-8-18/h1-13,19-21H/t19-,20-,21+/m0/s1. The van der Waals surface area contributed by atoms with Crippen LogP contribution in [0.2, 0.25) is 0 Å². The van der Waals surface area contributed by atoms with Crippen molar-refractivity contribution in [1.82, 2.24) is 0 Å². The minimum absolute atomic E-state index is 0.254. The molecule has 2 heterocycles. The molecule has 3 aromatic carbocycles. The highest BCUT2D eigenvalue weighted by Gasteiger charge is 2.60. The van der Waals surface area contributed by atoms with Crippen LogP contribution in [0, 0.1) is 5.92 Å². The number of hydroxylamine groups is 1. The van der Waals surface area contributed by atoms with Crippen molar-refractivity contribution >= 4 is 55.0 Å². The molecule has 0 N–H and O–H groups in total. The highest BCUT2D eigenvalue weighted by Crippen LogP contribution is 2.47. The first kappa shape index (κ1) is 19.5. The van der Waals surface area contributed by atoms with E-state index in [1.165, 1.54) is 4.90 Å². The topological polar surface area (TPSA) is 49.9 Å². The van der Waals surface area contributed by atoms with Gasteiger partial charge < -0.3 is 0 Å². The number of para-hydroxylation sites is 1. The lowest BCUT2D eigenvalue weighted by Crippen LogP contribution is -2.37. The van der Waals surface area contributed by atoms with E-state index in [4.69, 9.17) is 4.84 Å². The van der Waals surface area contributed by atoms with Crippen molar-refractivity contribution in [3.05, 3.63) is 93.4 Å². The second-order valence-corrected chi connectivity index (χ2v) is 9.03. The number of rotatable bonds is 3. The number of fused-ring (bicyclic) bond motifs is 1. The number of halogens is 2. The van der Waals surface area contributed by atoms with Crippen molar-refractivity contribution in [2.75, 3.05) is 9.96 Å². The Labute approximate surface area is 190 Å². The number of amides is 2. The highest BCUT2D eigenvalue weighted by atomic mass is 79.9. The van der Waals surface area contributed by atoms with Crippen molar-refractivity contribution in [2.45, 2.75) is 12.1 Å². The maximum Gasteiger partial charge on any atom is 0.266 e. The predicted molar refractivity (Wildman–Crippen MR) is 121 cm³/mol. The summed E-state index contributed by atoms with van der Waals surface area (Å²) in [6, 6.07) is 24.0. The third-order valence-corrected chi connectivity index (χ3v) is 6.42. The molecule has 3 aromatic rings. The van der Waals surface area contributed by atoms with E-state index in [1.807, 2.05) is 66.7 Å². The average Bonchev–Trinajstić information content (AvgIpc) is 3.26. The third kappa shape index (κ3) is 3.17. The van der Waals surface area contributed by atoms with E-state index < -0.39 is 18.1 Å². The predicted octanol–water partition coefficient (Wildman–Crippen LogP) is 5.26. The molecule has 2 saturated heterocycles. The Bertz CT molecular complexity index is 1120. The molecule has 0 aromatic heterocycles. The van der Waals surface area contributed by atoms with Gasteiger partial charge in [-0.1, -0.05) is 62.2 Å². The second kappa shape index (κ2) is 7.65. The first-order valence-electron chi connectivity index (χ1n) is 9.44. The molecule has 2 aliphatic rings. The van der Waals surface area contributed by atoms with Crippen LogP contribution < -0.4 is 9.96 Å². The lowest BCUT2D eigenvalue weighted by atomic mass is 9.90. The SMILES string of the molecule is O=C1[C@@H]2[C@@H](ON(c3ccccc3)[C@H]2c2cccc(Br)c2)C(=O)N1c1ccc(Br)cc1. The average molecular weight is 528 g/mol. The van der Waals surface area contributed by atoms with Gasteiger partial charge in [0.1, 0.15) is 5.92 Å². The first-order chi connectivity index (χ1) is 14.5. The van der Waals surface area contributed by atoms with E-state index in [0.29, 0.717) is 5.69 Å². The molecule has 0 bridgehead atoms. The van der Waals surface area contributed by atoms with E-state index in [0.717, 1.165) is 20.2 Å². The van der Waals surface area contributed by atoms with Crippen LogP contribution in [0.5, 0.6) is 0 Å². The van der Waals surface area contributed by atoms with Gasteiger partial charge in [0.15, 0.2) is 6.10 Å². The van der Waals surface area contributed by atoms with Crippen LogP contribution in [-0.4, -0.2) is 17.9 Å². The van der Waals surface area contributed by atoms with Crippen molar-refractivity contribution in [1.29, 1.82) is 0 Å². The molecule has 0 spiro atoms. The summed E-state index contributed by atoms with van der Waals surface area (Å²) < 4.78 is 1.78. The molecular formula is C23H16Br2N2O3. The summed E-state index contributed by atoms with van der Waals surface area (Å²) in [5, 5.41) is 1.70. The Morgan fingerprint density at radius 2 is 1.47 bits per heavy atom. The van der Waals surface area contributed by atoms with Crippen molar-refractivity contribution in [2.24, 2.45) is 5.92 Å². The number of anilines is 2. The summed E-state index contributed by atoms with van der Waals surface area (Å²) in [7, 11) is 0. The Morgan fingerprint density at radius 3 is 2.17 bits per heavy atom. The lowest BCUT2D eigenvalue weighted by molar-refractivity contribution is -0.126. The van der Waals surface area contributed by atoms with Gasteiger partial charge in [-0.15, -0.1) is 0 Å². The van der Waals surface area contributed by atoms with E-state index in [1.54, 1.807) is 17.2 Å². The summed E-state index contributed by atoms with van der Waals surface area (Å²) in [6.45, 7) is 0. The molecule has 5 nitrogen and oxygen atoms in total. The molecule has 0 radical (unpaired) electrons. The van der Waals surface area contributed by atoms with E-state index in [-0.39, 0.29) is 11.8 Å². The summed E-state index contributed by atoms with van der Waals surface area (Å²) in [5.41, 5.74) is 2.25. The van der Waals surface area contributed by atoms with Gasteiger partial charge in [0.25, 0.3) is 5.91 Å². The number of imide groups is 1. The molecular weight excluding hydrogens is 512 g/mol. The van der Waals surface area contributed by atoms with Crippen LogP contribution in [0.4, 0.5) is 11.4 Å². The molecule has 2 aliphatic heterocycles. The largest absolute Gasteiger partial charge is 0.273 e. The normalized spacial score (nSPS) is 23.2. The van der Waals surface area contributed by atoms with Gasteiger partial charge in [0.2, 0.25) is 5.91 Å². The molecule has 2 amide bonds. The van der Waals surface area contributed by atoms with Crippen LogP contribution in [-0.2, 0) is 14.4 Å². The van der Waals surface area contributed by atoms with Crippen molar-refractivity contribution in [3.8, 4) is 0 Å². The molecule has 0 aliphatic carbocycles. The molecule has 0 unspecified atom stereocenters. The molecule has 150 valence electrons. The third-order valence-electron chi connectivity index (χ3n) is 5.40. The Hall–Kier alpha value is -2.48. The van der Waals surface area contributed by atoms with E-state index in [9.17, 15) is 9.59 Å². The van der Waals surface area contributed by atoms with Gasteiger partial charge in [-0.3, -0.25) is 14.4 Å². The van der Waals surface area contributed by atoms with Gasteiger partial charge in [-0.05, 0) is 54.1 Å². The minimum Gasteiger partial charge on any atom is -0.273 e. The van der Waals surface area contributed by atoms with Crippen LogP contribution in [0.1, 0.15) is 11.6 Å². The maximum atomic E-state index is 13.5. The summed E-state index contributed by atoms with van der Waals surface area (Å²) in [6.07, 6.45) is -0.870. The maximum absolute atomic E-state index is 13.5. The number of nitrogens with zero attached hydrogens (tertiary/aromatic N) is 2. The van der Waals surface area contributed by atoms with Crippen LogP contribution in [0.25, 0.3) is 0 Å². The fourth-order valence-electron chi connectivity index (χ4n) is 4.09. The van der Waals surface area contributed by atoms with Gasteiger partial charge in [-0.25, -0.2) is 9.96 Å². The molecule has 2 fully saturated rings. The zero-order valence-corrected chi connectivity index (χ0v) is 18.8. The van der Waals surface area contributed by atoms with Crippen molar-refractivity contribution < 1.29 is 14.4 Å². The van der Waals surface area contributed by atoms with E-state index in [2.05, 4.69) is 31.9 Å². The van der Waals surface area contributed by atoms with Gasteiger partial charge >= 0.3 is 0 Å². The minimum atomic E-state index is -0.870. The zero-order valence-electron chi connectivity index (χ0n) is 15.6. The van der Waals surface area contributed by atoms with Crippen LogP contribution in [0.15, 0.2) is 87.8 Å². The molecule has 0 saturated carbocycles. The van der Waals surface area contributed by atoms with Crippen LogP contribution >= 0.6 is 31.9 Å². The second-order valence-electron chi connectivity index (χ2n) is 7.20. The smallest absolute Gasteiger partial charge is 0.266 e. The summed E-state index contributed by atoms with van der Waals surface area (Å²) in [5.74, 6) is -1.24.